The average Bonchev–Trinajstić information content (AvgIpc) is 2.82. The van der Waals surface area contributed by atoms with E-state index < -0.39 is 12.0 Å². The number of amides is 2. The Kier molecular flexibility index (Phi) is 4.81. The molecule has 0 radical (unpaired) electrons. The molecule has 1 aromatic carbocycles. The van der Waals surface area contributed by atoms with Gasteiger partial charge in [0.15, 0.2) is 0 Å². The molecule has 2 unspecified atom stereocenters. The zero-order chi connectivity index (χ0) is 16.4. The van der Waals surface area contributed by atoms with E-state index in [-0.39, 0.29) is 37.1 Å². The van der Waals surface area contributed by atoms with Gasteiger partial charge in [0.25, 0.3) is 0 Å². The third-order valence-corrected chi connectivity index (χ3v) is 3.84. The van der Waals surface area contributed by atoms with E-state index >= 15 is 0 Å². The number of nitrogens with zero attached hydrogens (tertiary/aromatic N) is 2. The van der Waals surface area contributed by atoms with Crippen LogP contribution in [0.3, 0.4) is 0 Å². The van der Waals surface area contributed by atoms with Crippen molar-refractivity contribution in [3.63, 3.8) is 0 Å². The molecule has 0 aliphatic carbocycles. The molecule has 0 bridgehead atoms. The molecule has 120 valence electrons. The van der Waals surface area contributed by atoms with Gasteiger partial charge in [-0.25, -0.2) is 4.39 Å². The molecule has 2 amide bonds. The Morgan fingerprint density at radius 1 is 1.55 bits per heavy atom. The van der Waals surface area contributed by atoms with E-state index in [1.165, 1.54) is 15.9 Å². The zero-order valence-corrected chi connectivity index (χ0v) is 13.0. The Morgan fingerprint density at radius 2 is 2.23 bits per heavy atom. The molecule has 0 spiro atoms. The number of aryl methyl sites for hydroxylation is 1. The monoisotopic (exact) mass is 308 g/mol. The van der Waals surface area contributed by atoms with E-state index in [1.807, 2.05) is 0 Å². The Bertz CT molecular complexity index is 589. The molecule has 1 N–H and O–H groups in total. The van der Waals surface area contributed by atoms with Crippen LogP contribution in [0.15, 0.2) is 18.2 Å². The predicted octanol–water partition coefficient (Wildman–Crippen LogP) is 1.33. The first-order valence-electron chi connectivity index (χ1n) is 7.29. The molecule has 1 aromatic rings. The van der Waals surface area contributed by atoms with Gasteiger partial charge in [0.2, 0.25) is 11.8 Å². The highest BCUT2D eigenvalue weighted by Crippen LogP contribution is 2.27. The van der Waals surface area contributed by atoms with Gasteiger partial charge in [-0.15, -0.1) is 0 Å². The standard InChI is InChI=1S/C16H21FN2O3/c1-10-6-13(4-5-14(10)17)19-9-12(7-15(19)21)16(22)18(3)8-11(2)20/h4-6,11-12,20H,7-9H2,1-3H3. The summed E-state index contributed by atoms with van der Waals surface area (Å²) in [4.78, 5) is 27.4. The van der Waals surface area contributed by atoms with E-state index in [2.05, 4.69) is 0 Å². The Hall–Kier alpha value is -1.95. The molecule has 5 nitrogen and oxygen atoms in total. The molecule has 0 saturated carbocycles. The number of benzene rings is 1. The van der Waals surface area contributed by atoms with E-state index in [0.717, 1.165) is 0 Å². The van der Waals surface area contributed by atoms with Gasteiger partial charge >= 0.3 is 0 Å². The number of anilines is 1. The fraction of sp³-hybridized carbons (Fsp3) is 0.500. The highest BCUT2D eigenvalue weighted by molar-refractivity contribution is 6.00. The summed E-state index contributed by atoms with van der Waals surface area (Å²) < 4.78 is 13.3. The summed E-state index contributed by atoms with van der Waals surface area (Å²) in [5.74, 6) is -1.05. The first-order valence-corrected chi connectivity index (χ1v) is 7.29. The highest BCUT2D eigenvalue weighted by atomic mass is 19.1. The number of carbonyl (C=O) groups excluding carboxylic acids is 2. The predicted molar refractivity (Wildman–Crippen MR) is 80.9 cm³/mol. The second kappa shape index (κ2) is 6.44. The lowest BCUT2D eigenvalue weighted by atomic mass is 10.1. The van der Waals surface area contributed by atoms with Gasteiger partial charge in [0.05, 0.1) is 12.0 Å². The van der Waals surface area contributed by atoms with Gasteiger partial charge in [0, 0.05) is 32.2 Å². The number of likely N-dealkylation sites (N-methyl/N-ethyl adjacent to an activating group) is 1. The third-order valence-electron chi connectivity index (χ3n) is 3.84. The molecule has 6 heteroatoms. The molecule has 1 aliphatic heterocycles. The smallest absolute Gasteiger partial charge is 0.227 e. The molecular weight excluding hydrogens is 287 g/mol. The maximum absolute atomic E-state index is 13.3. The fourth-order valence-corrected chi connectivity index (χ4v) is 2.72. The molecule has 2 atom stereocenters. The Balaban J connectivity index is 2.10. The highest BCUT2D eigenvalue weighted by Gasteiger charge is 2.36. The summed E-state index contributed by atoms with van der Waals surface area (Å²) in [7, 11) is 1.62. The minimum atomic E-state index is -0.609. The lowest BCUT2D eigenvalue weighted by Gasteiger charge is -2.22. The van der Waals surface area contributed by atoms with Crippen LogP contribution < -0.4 is 4.90 Å². The number of halogens is 1. The minimum absolute atomic E-state index is 0.138. The van der Waals surface area contributed by atoms with Crippen LogP contribution in [0.25, 0.3) is 0 Å². The van der Waals surface area contributed by atoms with E-state index in [9.17, 15) is 19.1 Å². The fourth-order valence-electron chi connectivity index (χ4n) is 2.72. The first-order chi connectivity index (χ1) is 10.3. The van der Waals surface area contributed by atoms with E-state index in [0.29, 0.717) is 11.3 Å². The van der Waals surface area contributed by atoms with Gasteiger partial charge < -0.3 is 14.9 Å². The summed E-state index contributed by atoms with van der Waals surface area (Å²) >= 11 is 0. The molecule has 1 heterocycles. The SMILES string of the molecule is Cc1cc(N2CC(C(=O)N(C)CC(C)O)CC2=O)ccc1F. The molecule has 1 aliphatic rings. The van der Waals surface area contributed by atoms with Crippen molar-refractivity contribution in [1.29, 1.82) is 0 Å². The van der Waals surface area contributed by atoms with Crippen molar-refractivity contribution in [3.8, 4) is 0 Å². The van der Waals surface area contributed by atoms with E-state index in [4.69, 9.17) is 0 Å². The van der Waals surface area contributed by atoms with Crippen LogP contribution in [0.4, 0.5) is 10.1 Å². The molecule has 1 fully saturated rings. The maximum Gasteiger partial charge on any atom is 0.227 e. The molecule has 2 rings (SSSR count). The number of aliphatic hydroxyl groups excluding tert-OH is 1. The van der Waals surface area contributed by atoms with Crippen LogP contribution in [0, 0.1) is 18.7 Å². The lowest BCUT2D eigenvalue weighted by molar-refractivity contribution is -0.135. The summed E-state index contributed by atoms with van der Waals surface area (Å²) in [5.41, 5.74) is 1.07. The third kappa shape index (κ3) is 3.44. The Labute approximate surface area is 129 Å². The van der Waals surface area contributed by atoms with Crippen molar-refractivity contribution in [2.75, 3.05) is 25.0 Å². The van der Waals surface area contributed by atoms with E-state index in [1.54, 1.807) is 33.0 Å². The van der Waals surface area contributed by atoms with Crippen LogP contribution in [0.2, 0.25) is 0 Å². The van der Waals surface area contributed by atoms with Crippen LogP contribution >= 0.6 is 0 Å². The van der Waals surface area contributed by atoms with Gasteiger partial charge in [-0.3, -0.25) is 9.59 Å². The first kappa shape index (κ1) is 16.4. The van der Waals surface area contributed by atoms with Gasteiger partial charge in [-0.2, -0.15) is 0 Å². The number of aliphatic hydroxyl groups is 1. The van der Waals surface area contributed by atoms with Crippen molar-refractivity contribution in [3.05, 3.63) is 29.6 Å². The number of hydrogen-bond donors (Lipinski definition) is 1. The molecule has 22 heavy (non-hydrogen) atoms. The lowest BCUT2D eigenvalue weighted by Crippen LogP contribution is -2.38. The summed E-state index contributed by atoms with van der Waals surface area (Å²) in [6, 6.07) is 4.48. The normalized spacial score (nSPS) is 19.4. The van der Waals surface area contributed by atoms with Crippen LogP contribution in [-0.2, 0) is 9.59 Å². The average molecular weight is 308 g/mol. The summed E-state index contributed by atoms with van der Waals surface area (Å²) in [5, 5.41) is 9.35. The van der Waals surface area contributed by atoms with Crippen molar-refractivity contribution in [2.24, 2.45) is 5.92 Å². The Morgan fingerprint density at radius 3 is 2.82 bits per heavy atom. The van der Waals surface area contributed by atoms with Crippen LogP contribution in [-0.4, -0.2) is 48.1 Å². The molecular formula is C16H21FN2O3. The molecule has 1 saturated heterocycles. The molecule has 0 aromatic heterocycles. The maximum atomic E-state index is 13.3. The number of hydrogen-bond acceptors (Lipinski definition) is 3. The van der Waals surface area contributed by atoms with Crippen molar-refractivity contribution < 1.29 is 19.1 Å². The van der Waals surface area contributed by atoms with Crippen LogP contribution in [0.1, 0.15) is 18.9 Å². The zero-order valence-electron chi connectivity index (χ0n) is 13.0. The minimum Gasteiger partial charge on any atom is -0.392 e. The summed E-state index contributed by atoms with van der Waals surface area (Å²) in [6.45, 7) is 3.77. The largest absolute Gasteiger partial charge is 0.392 e. The van der Waals surface area contributed by atoms with Gasteiger partial charge in [-0.1, -0.05) is 0 Å². The van der Waals surface area contributed by atoms with Gasteiger partial charge in [0.1, 0.15) is 5.82 Å². The van der Waals surface area contributed by atoms with Crippen molar-refractivity contribution >= 4 is 17.5 Å². The topological polar surface area (TPSA) is 60.9 Å². The van der Waals surface area contributed by atoms with Crippen molar-refractivity contribution in [2.45, 2.75) is 26.4 Å². The number of rotatable bonds is 4. The van der Waals surface area contributed by atoms with Gasteiger partial charge in [-0.05, 0) is 37.6 Å². The second-order valence-corrected chi connectivity index (χ2v) is 5.91. The summed E-state index contributed by atoms with van der Waals surface area (Å²) in [6.07, 6.45) is -0.471. The second-order valence-electron chi connectivity index (χ2n) is 5.91. The van der Waals surface area contributed by atoms with Crippen molar-refractivity contribution in [1.82, 2.24) is 4.90 Å². The van der Waals surface area contributed by atoms with Crippen LogP contribution in [0.5, 0.6) is 0 Å². The number of carbonyl (C=O) groups is 2. The quantitative estimate of drug-likeness (QED) is 0.913.